The van der Waals surface area contributed by atoms with Gasteiger partial charge in [-0.25, -0.2) is 4.79 Å². The highest BCUT2D eigenvalue weighted by molar-refractivity contribution is 5.73. The monoisotopic (exact) mass is 324 g/mol. The van der Waals surface area contributed by atoms with Crippen LogP contribution in [0.4, 0.5) is 4.79 Å². The van der Waals surface area contributed by atoms with Gasteiger partial charge in [0.25, 0.3) is 0 Å². The van der Waals surface area contributed by atoms with E-state index in [2.05, 4.69) is 15.4 Å². The summed E-state index contributed by atoms with van der Waals surface area (Å²) >= 11 is 0. The zero-order valence-corrected chi connectivity index (χ0v) is 14.4. The largest absolute Gasteiger partial charge is 0.379 e. The van der Waals surface area contributed by atoms with Gasteiger partial charge < -0.3 is 19.5 Å². The molecule has 0 bridgehead atoms. The van der Waals surface area contributed by atoms with E-state index in [9.17, 15) is 4.79 Å². The van der Waals surface area contributed by atoms with Crippen LogP contribution in [0.15, 0.2) is 4.52 Å². The Bertz CT molecular complexity index is 478. The number of amides is 2. The second kappa shape index (κ2) is 8.88. The van der Waals surface area contributed by atoms with Crippen LogP contribution in [0.1, 0.15) is 29.9 Å². The fourth-order valence-corrected chi connectivity index (χ4v) is 2.65. The predicted molar refractivity (Wildman–Crippen MR) is 87.3 cm³/mol. The summed E-state index contributed by atoms with van der Waals surface area (Å²) in [7, 11) is 1.79. The molecular weight excluding hydrogens is 296 g/mol. The maximum absolute atomic E-state index is 12.1. The minimum absolute atomic E-state index is 0.0589. The summed E-state index contributed by atoms with van der Waals surface area (Å²) in [6.45, 7) is 9.77. The molecule has 0 radical (unpaired) electrons. The van der Waals surface area contributed by atoms with Gasteiger partial charge in [0, 0.05) is 32.2 Å². The number of carbonyl (C=O) groups is 1. The van der Waals surface area contributed by atoms with Crippen LogP contribution in [0.5, 0.6) is 0 Å². The molecule has 1 aliphatic rings. The van der Waals surface area contributed by atoms with E-state index in [1.165, 1.54) is 0 Å². The smallest absolute Gasteiger partial charge is 0.317 e. The van der Waals surface area contributed by atoms with Crippen molar-refractivity contribution in [2.45, 2.75) is 33.2 Å². The van der Waals surface area contributed by atoms with E-state index in [1.807, 2.05) is 13.8 Å². The average molecular weight is 324 g/mol. The molecule has 7 heteroatoms. The Balaban J connectivity index is 1.60. The van der Waals surface area contributed by atoms with Crippen LogP contribution in [0.3, 0.4) is 0 Å². The summed E-state index contributed by atoms with van der Waals surface area (Å²) in [6, 6.07) is -0.0589. The second-order valence-corrected chi connectivity index (χ2v) is 6.05. The Labute approximate surface area is 137 Å². The molecular formula is C16H28N4O3. The van der Waals surface area contributed by atoms with Crippen molar-refractivity contribution in [3.8, 4) is 0 Å². The molecule has 0 atom stereocenters. The first-order valence-electron chi connectivity index (χ1n) is 8.28. The van der Waals surface area contributed by atoms with E-state index < -0.39 is 0 Å². The number of unbranched alkanes of at least 4 members (excludes halogenated alkanes) is 1. The highest BCUT2D eigenvalue weighted by Crippen LogP contribution is 2.14. The first-order valence-corrected chi connectivity index (χ1v) is 8.28. The molecule has 1 aromatic rings. The van der Waals surface area contributed by atoms with Gasteiger partial charge in [0.15, 0.2) is 0 Å². The fourth-order valence-electron chi connectivity index (χ4n) is 2.65. The van der Waals surface area contributed by atoms with Gasteiger partial charge in [-0.2, -0.15) is 0 Å². The molecule has 0 aliphatic carbocycles. The molecule has 1 aromatic heterocycles. The number of aromatic nitrogens is 1. The second-order valence-electron chi connectivity index (χ2n) is 6.05. The van der Waals surface area contributed by atoms with Crippen LogP contribution in [0, 0.1) is 13.8 Å². The number of aryl methyl sites for hydroxylation is 2. The zero-order valence-electron chi connectivity index (χ0n) is 14.4. The van der Waals surface area contributed by atoms with E-state index in [0.29, 0.717) is 13.1 Å². The average Bonchev–Trinajstić information content (AvgIpc) is 2.87. The Morgan fingerprint density at radius 3 is 2.70 bits per heavy atom. The van der Waals surface area contributed by atoms with Crippen LogP contribution >= 0.6 is 0 Å². The summed E-state index contributed by atoms with van der Waals surface area (Å²) in [5.41, 5.74) is 1.82. The third-order valence-electron chi connectivity index (χ3n) is 4.20. The maximum atomic E-state index is 12.1. The van der Waals surface area contributed by atoms with Gasteiger partial charge in [0.05, 0.1) is 25.5 Å². The van der Waals surface area contributed by atoms with Crippen LogP contribution < -0.4 is 5.32 Å². The van der Waals surface area contributed by atoms with Crippen LogP contribution in [-0.2, 0) is 11.3 Å². The van der Waals surface area contributed by atoms with Crippen molar-refractivity contribution in [2.75, 3.05) is 46.4 Å². The van der Waals surface area contributed by atoms with Gasteiger partial charge in [-0.05, 0) is 33.2 Å². The molecule has 0 saturated carbocycles. The number of nitrogens with zero attached hydrogens (tertiary/aromatic N) is 3. The number of urea groups is 1. The quantitative estimate of drug-likeness (QED) is 0.771. The van der Waals surface area contributed by atoms with E-state index in [-0.39, 0.29) is 6.03 Å². The third kappa shape index (κ3) is 5.51. The number of hydrogen-bond acceptors (Lipinski definition) is 5. The lowest BCUT2D eigenvalue weighted by Crippen LogP contribution is -2.38. The Morgan fingerprint density at radius 2 is 2.04 bits per heavy atom. The summed E-state index contributed by atoms with van der Waals surface area (Å²) in [4.78, 5) is 16.2. The molecule has 23 heavy (non-hydrogen) atoms. The highest BCUT2D eigenvalue weighted by Gasteiger charge is 2.15. The molecule has 2 amide bonds. The van der Waals surface area contributed by atoms with Gasteiger partial charge in [0.2, 0.25) is 0 Å². The Kier molecular flexibility index (Phi) is 6.85. The van der Waals surface area contributed by atoms with Gasteiger partial charge in [-0.1, -0.05) is 5.16 Å². The minimum Gasteiger partial charge on any atom is -0.379 e. The lowest BCUT2D eigenvalue weighted by Gasteiger charge is -2.26. The molecule has 7 nitrogen and oxygen atoms in total. The molecule has 1 aliphatic heterocycles. The number of hydrogen-bond donors (Lipinski definition) is 1. The maximum Gasteiger partial charge on any atom is 0.317 e. The minimum atomic E-state index is -0.0589. The topological polar surface area (TPSA) is 70.8 Å². The molecule has 0 unspecified atom stereocenters. The van der Waals surface area contributed by atoms with Crippen LogP contribution in [0.25, 0.3) is 0 Å². The van der Waals surface area contributed by atoms with E-state index in [4.69, 9.17) is 9.26 Å². The molecule has 2 rings (SSSR count). The number of rotatable bonds is 7. The van der Waals surface area contributed by atoms with E-state index in [0.717, 1.165) is 62.7 Å². The summed E-state index contributed by atoms with van der Waals surface area (Å²) < 4.78 is 10.5. The fraction of sp³-hybridized carbons (Fsp3) is 0.750. The molecule has 0 aromatic carbocycles. The molecule has 130 valence electrons. The van der Waals surface area contributed by atoms with Gasteiger partial charge in [0.1, 0.15) is 5.76 Å². The van der Waals surface area contributed by atoms with Crippen molar-refractivity contribution in [2.24, 2.45) is 0 Å². The van der Waals surface area contributed by atoms with E-state index in [1.54, 1.807) is 11.9 Å². The molecule has 0 spiro atoms. The highest BCUT2D eigenvalue weighted by atomic mass is 16.5. The third-order valence-corrected chi connectivity index (χ3v) is 4.20. The zero-order chi connectivity index (χ0) is 16.7. The molecule has 1 fully saturated rings. The van der Waals surface area contributed by atoms with Crippen LogP contribution in [-0.4, -0.2) is 67.4 Å². The van der Waals surface area contributed by atoms with Crippen molar-refractivity contribution >= 4 is 6.03 Å². The lowest BCUT2D eigenvalue weighted by molar-refractivity contribution is 0.0372. The van der Waals surface area contributed by atoms with Crippen molar-refractivity contribution in [3.05, 3.63) is 17.0 Å². The molecule has 1 N–H and O–H groups in total. The van der Waals surface area contributed by atoms with Crippen molar-refractivity contribution in [3.63, 3.8) is 0 Å². The summed E-state index contributed by atoms with van der Waals surface area (Å²) in [5, 5.41) is 6.88. The van der Waals surface area contributed by atoms with Gasteiger partial charge in [-0.15, -0.1) is 0 Å². The first-order chi connectivity index (χ1) is 11.1. The predicted octanol–water partition coefficient (Wildman–Crippen LogP) is 1.55. The van der Waals surface area contributed by atoms with Crippen molar-refractivity contribution < 1.29 is 14.1 Å². The summed E-state index contributed by atoms with van der Waals surface area (Å²) in [5.74, 6) is 0.771. The standard InChI is InChI=1S/C16H28N4O3/c1-13-15(14(2)23-18-13)12-19(3)16(21)17-6-4-5-7-20-8-10-22-11-9-20/h4-12H2,1-3H3,(H,17,21). The van der Waals surface area contributed by atoms with Gasteiger partial charge in [-0.3, -0.25) is 4.90 Å². The number of carbonyl (C=O) groups excluding carboxylic acids is 1. The Hall–Kier alpha value is -1.60. The number of morpholine rings is 1. The molecule has 1 saturated heterocycles. The van der Waals surface area contributed by atoms with Crippen LogP contribution in [0.2, 0.25) is 0 Å². The number of ether oxygens (including phenoxy) is 1. The van der Waals surface area contributed by atoms with Crippen molar-refractivity contribution in [1.82, 2.24) is 20.3 Å². The Morgan fingerprint density at radius 1 is 1.30 bits per heavy atom. The number of nitrogens with one attached hydrogen (secondary N) is 1. The van der Waals surface area contributed by atoms with Crippen molar-refractivity contribution in [1.29, 1.82) is 0 Å². The summed E-state index contributed by atoms with van der Waals surface area (Å²) in [6.07, 6.45) is 2.08. The normalized spacial score (nSPS) is 15.6. The lowest BCUT2D eigenvalue weighted by atomic mass is 10.2. The molecule has 2 heterocycles. The van der Waals surface area contributed by atoms with Gasteiger partial charge >= 0.3 is 6.03 Å². The first kappa shape index (κ1) is 17.7. The van der Waals surface area contributed by atoms with E-state index >= 15 is 0 Å². The SMILES string of the molecule is Cc1noc(C)c1CN(C)C(=O)NCCCCN1CCOCC1.